The van der Waals surface area contributed by atoms with Gasteiger partial charge in [-0.3, -0.25) is 5.43 Å². The number of hydrazine groups is 1. The van der Waals surface area contributed by atoms with Gasteiger partial charge in [0.2, 0.25) is 0 Å². The van der Waals surface area contributed by atoms with E-state index in [-0.39, 0.29) is 0 Å². The van der Waals surface area contributed by atoms with Gasteiger partial charge in [0.15, 0.2) is 0 Å². The highest BCUT2D eigenvalue weighted by atomic mass is 16.4. The van der Waals surface area contributed by atoms with Crippen molar-refractivity contribution in [2.45, 2.75) is 0 Å². The number of carbonyl (C=O) groups is 1. The Kier molecular flexibility index (Phi) is 2.32. The van der Waals surface area contributed by atoms with E-state index in [9.17, 15) is 4.79 Å². The minimum Gasteiger partial charge on any atom is -0.464 e. The van der Waals surface area contributed by atoms with Crippen molar-refractivity contribution < 1.29 is 9.90 Å². The summed E-state index contributed by atoms with van der Waals surface area (Å²) in [6, 6.07) is 9.00. The zero-order valence-electron chi connectivity index (χ0n) is 5.74. The van der Waals surface area contributed by atoms with Crippen LogP contribution < -0.4 is 10.9 Å². The van der Waals surface area contributed by atoms with Crippen LogP contribution in [0.25, 0.3) is 0 Å². The molecule has 0 aliphatic heterocycles. The molecule has 0 unspecified atom stereocenters. The summed E-state index contributed by atoms with van der Waals surface area (Å²) in [5.74, 6) is 0. The standard InChI is InChI=1S/C7H8N2O2/c10-7(11)9-8-6-4-2-1-3-5-6/h1-5,8-9H,(H,10,11). The first-order valence-corrected chi connectivity index (χ1v) is 3.09. The average Bonchev–Trinajstić information content (AvgIpc) is 2.03. The van der Waals surface area contributed by atoms with Gasteiger partial charge in [0.05, 0.1) is 5.69 Å². The number of benzene rings is 1. The molecule has 4 heteroatoms. The maximum absolute atomic E-state index is 10.00. The average molecular weight is 152 g/mol. The maximum Gasteiger partial charge on any atom is 0.423 e. The van der Waals surface area contributed by atoms with Crippen LogP contribution in [0.1, 0.15) is 0 Å². The molecule has 0 fully saturated rings. The Morgan fingerprint density at radius 3 is 2.45 bits per heavy atom. The number of para-hydroxylation sites is 1. The van der Waals surface area contributed by atoms with Crippen molar-refractivity contribution in [2.75, 3.05) is 5.43 Å². The van der Waals surface area contributed by atoms with E-state index in [0.717, 1.165) is 5.69 Å². The van der Waals surface area contributed by atoms with Crippen LogP contribution in [-0.4, -0.2) is 11.2 Å². The van der Waals surface area contributed by atoms with Crippen molar-refractivity contribution >= 4 is 11.8 Å². The lowest BCUT2D eigenvalue weighted by Gasteiger charge is -2.03. The van der Waals surface area contributed by atoms with Crippen LogP contribution in [0.5, 0.6) is 0 Å². The van der Waals surface area contributed by atoms with Crippen LogP contribution in [0.4, 0.5) is 10.5 Å². The van der Waals surface area contributed by atoms with E-state index in [2.05, 4.69) is 5.43 Å². The molecule has 0 atom stereocenters. The zero-order valence-corrected chi connectivity index (χ0v) is 5.74. The molecule has 0 aromatic heterocycles. The number of carboxylic acid groups (broad SMARTS) is 1. The van der Waals surface area contributed by atoms with Crippen molar-refractivity contribution in [1.82, 2.24) is 5.43 Å². The van der Waals surface area contributed by atoms with Crippen LogP contribution >= 0.6 is 0 Å². The Morgan fingerprint density at radius 2 is 1.91 bits per heavy atom. The van der Waals surface area contributed by atoms with Crippen LogP contribution in [0.2, 0.25) is 0 Å². The summed E-state index contributed by atoms with van der Waals surface area (Å²) in [4.78, 5) is 10.00. The summed E-state index contributed by atoms with van der Waals surface area (Å²) in [6.07, 6.45) is -1.10. The topological polar surface area (TPSA) is 61.4 Å². The Bertz CT molecular complexity index is 235. The highest BCUT2D eigenvalue weighted by Gasteiger charge is 1.91. The number of hydrogen-bond acceptors (Lipinski definition) is 2. The molecule has 58 valence electrons. The minimum atomic E-state index is -1.10. The first-order chi connectivity index (χ1) is 5.29. The molecule has 0 aliphatic rings. The highest BCUT2D eigenvalue weighted by molar-refractivity contribution is 5.66. The van der Waals surface area contributed by atoms with Crippen molar-refractivity contribution in [2.24, 2.45) is 0 Å². The summed E-state index contributed by atoms with van der Waals surface area (Å²) in [6.45, 7) is 0. The van der Waals surface area contributed by atoms with Gasteiger partial charge in [0.1, 0.15) is 0 Å². The fourth-order valence-corrected chi connectivity index (χ4v) is 0.647. The fourth-order valence-electron chi connectivity index (χ4n) is 0.647. The van der Waals surface area contributed by atoms with Gasteiger partial charge in [0.25, 0.3) is 0 Å². The first-order valence-electron chi connectivity index (χ1n) is 3.09. The Labute approximate surface area is 63.8 Å². The van der Waals surface area contributed by atoms with E-state index in [1.807, 2.05) is 23.6 Å². The fraction of sp³-hybridized carbons (Fsp3) is 0. The third-order valence-corrected chi connectivity index (χ3v) is 1.09. The molecule has 0 aliphatic carbocycles. The third-order valence-electron chi connectivity index (χ3n) is 1.09. The lowest BCUT2D eigenvalue weighted by Crippen LogP contribution is -2.27. The molecule has 1 rings (SSSR count). The molecule has 1 aromatic carbocycles. The monoisotopic (exact) mass is 152 g/mol. The minimum absolute atomic E-state index is 0.718. The molecule has 4 nitrogen and oxygen atoms in total. The Morgan fingerprint density at radius 1 is 1.27 bits per heavy atom. The molecular formula is C7H8N2O2. The molecule has 11 heavy (non-hydrogen) atoms. The van der Waals surface area contributed by atoms with Gasteiger partial charge in [-0.2, -0.15) is 0 Å². The summed E-state index contributed by atoms with van der Waals surface area (Å²) in [5, 5.41) is 8.20. The Hall–Kier alpha value is -1.71. The van der Waals surface area contributed by atoms with Crippen LogP contribution in [0.15, 0.2) is 30.3 Å². The molecule has 0 saturated carbocycles. The highest BCUT2D eigenvalue weighted by Crippen LogP contribution is 2.01. The van der Waals surface area contributed by atoms with E-state index >= 15 is 0 Å². The number of nitrogens with one attached hydrogen (secondary N) is 2. The summed E-state index contributed by atoms with van der Waals surface area (Å²) >= 11 is 0. The number of hydrogen-bond donors (Lipinski definition) is 3. The second kappa shape index (κ2) is 3.46. The molecule has 1 aromatic rings. The first kappa shape index (κ1) is 7.40. The molecule has 0 spiro atoms. The molecule has 0 radical (unpaired) electrons. The van der Waals surface area contributed by atoms with Crippen molar-refractivity contribution in [3.05, 3.63) is 30.3 Å². The van der Waals surface area contributed by atoms with Gasteiger partial charge in [-0.25, -0.2) is 10.2 Å². The number of amides is 1. The summed E-state index contributed by atoms with van der Waals surface area (Å²) in [7, 11) is 0. The van der Waals surface area contributed by atoms with E-state index in [4.69, 9.17) is 5.11 Å². The second-order valence-electron chi connectivity index (χ2n) is 1.92. The van der Waals surface area contributed by atoms with Crippen molar-refractivity contribution in [1.29, 1.82) is 0 Å². The predicted molar refractivity (Wildman–Crippen MR) is 41.2 cm³/mol. The zero-order chi connectivity index (χ0) is 8.10. The molecule has 0 bridgehead atoms. The van der Waals surface area contributed by atoms with E-state index in [0.29, 0.717) is 0 Å². The molecule has 3 N–H and O–H groups in total. The van der Waals surface area contributed by atoms with Crippen LogP contribution in [-0.2, 0) is 0 Å². The largest absolute Gasteiger partial charge is 0.464 e. The van der Waals surface area contributed by atoms with Gasteiger partial charge in [-0.15, -0.1) is 0 Å². The van der Waals surface area contributed by atoms with Crippen molar-refractivity contribution in [3.63, 3.8) is 0 Å². The smallest absolute Gasteiger partial charge is 0.423 e. The third kappa shape index (κ3) is 2.57. The van der Waals surface area contributed by atoms with Gasteiger partial charge in [0, 0.05) is 0 Å². The normalized spacial score (nSPS) is 8.73. The summed E-state index contributed by atoms with van der Waals surface area (Å²) < 4.78 is 0. The van der Waals surface area contributed by atoms with Crippen LogP contribution in [0, 0.1) is 0 Å². The maximum atomic E-state index is 10.00. The molecule has 0 saturated heterocycles. The van der Waals surface area contributed by atoms with Gasteiger partial charge >= 0.3 is 6.09 Å². The van der Waals surface area contributed by atoms with Gasteiger partial charge in [-0.1, -0.05) is 18.2 Å². The lowest BCUT2D eigenvalue weighted by atomic mass is 10.3. The van der Waals surface area contributed by atoms with Gasteiger partial charge < -0.3 is 5.11 Å². The lowest BCUT2D eigenvalue weighted by molar-refractivity contribution is 0.197. The van der Waals surface area contributed by atoms with Gasteiger partial charge in [-0.05, 0) is 12.1 Å². The van der Waals surface area contributed by atoms with E-state index in [1.54, 1.807) is 12.1 Å². The predicted octanol–water partition coefficient (Wildman–Crippen LogP) is 1.28. The van der Waals surface area contributed by atoms with Crippen LogP contribution in [0.3, 0.4) is 0 Å². The van der Waals surface area contributed by atoms with E-state index in [1.165, 1.54) is 0 Å². The SMILES string of the molecule is O=C(O)NNc1ccccc1. The molecule has 1 amide bonds. The number of rotatable bonds is 2. The van der Waals surface area contributed by atoms with Crippen molar-refractivity contribution in [3.8, 4) is 0 Å². The number of anilines is 1. The Balaban J connectivity index is 2.45. The van der Waals surface area contributed by atoms with E-state index < -0.39 is 6.09 Å². The quantitative estimate of drug-likeness (QED) is 0.559. The second-order valence-corrected chi connectivity index (χ2v) is 1.92. The molecule has 0 heterocycles. The molecular weight excluding hydrogens is 144 g/mol. The summed E-state index contributed by atoms with van der Waals surface area (Å²) in [5.41, 5.74) is 5.24.